The summed E-state index contributed by atoms with van der Waals surface area (Å²) in [6.45, 7) is 0.613. The van der Waals surface area contributed by atoms with Gasteiger partial charge in [0.25, 0.3) is 5.91 Å². The van der Waals surface area contributed by atoms with Crippen molar-refractivity contribution in [2.75, 3.05) is 25.6 Å². The first kappa shape index (κ1) is 20.3. The molecule has 31 heavy (non-hydrogen) atoms. The summed E-state index contributed by atoms with van der Waals surface area (Å²) in [5.74, 6) is 1.42. The van der Waals surface area contributed by atoms with E-state index in [-0.39, 0.29) is 11.9 Å². The van der Waals surface area contributed by atoms with Crippen LogP contribution in [0.4, 0.5) is 5.69 Å². The zero-order valence-electron chi connectivity index (χ0n) is 18.2. The number of nitrogens with zero attached hydrogens (tertiary/aromatic N) is 2. The Kier molecular flexibility index (Phi) is 5.57. The molecule has 0 saturated heterocycles. The molecule has 0 unspecified atom stereocenters. The fourth-order valence-corrected chi connectivity index (χ4v) is 6.35. The predicted molar refractivity (Wildman–Crippen MR) is 127 cm³/mol. The Balaban J connectivity index is 1.52. The summed E-state index contributed by atoms with van der Waals surface area (Å²) < 4.78 is 6.94. The third-order valence-corrected chi connectivity index (χ3v) is 7.76. The minimum atomic E-state index is -0.0385. The number of aromatic nitrogens is 1. The molecule has 6 heteroatoms. The topological polar surface area (TPSA) is 54.5 Å². The van der Waals surface area contributed by atoms with Crippen LogP contribution in [0.5, 0.6) is 5.75 Å². The third-order valence-electron chi connectivity index (χ3n) is 6.54. The Morgan fingerprint density at radius 1 is 1.10 bits per heavy atom. The van der Waals surface area contributed by atoms with Crippen molar-refractivity contribution in [3.63, 3.8) is 0 Å². The van der Waals surface area contributed by atoms with E-state index < -0.39 is 0 Å². The van der Waals surface area contributed by atoms with Crippen LogP contribution in [0, 0.1) is 0 Å². The van der Waals surface area contributed by atoms with E-state index in [0.29, 0.717) is 12.5 Å². The van der Waals surface area contributed by atoms with E-state index in [4.69, 9.17) is 9.72 Å². The minimum absolute atomic E-state index is 0.0250. The van der Waals surface area contributed by atoms with Gasteiger partial charge in [-0.25, -0.2) is 0 Å². The Labute approximate surface area is 187 Å². The molecule has 2 aromatic heterocycles. The quantitative estimate of drug-likeness (QED) is 0.574. The zero-order chi connectivity index (χ0) is 21.4. The molecule has 1 aliphatic heterocycles. The van der Waals surface area contributed by atoms with Gasteiger partial charge >= 0.3 is 0 Å². The summed E-state index contributed by atoms with van der Waals surface area (Å²) in [5, 5.41) is 3.28. The van der Waals surface area contributed by atoms with Crippen LogP contribution in [-0.4, -0.2) is 31.6 Å². The fourth-order valence-electron chi connectivity index (χ4n) is 5.02. The SMILES string of the molecule is CN(C)c1c(C(=O)N[C@H]2CCOc3ccccc32)sc2c(C3CCCCC3)ccnc12. The number of pyridine rings is 1. The van der Waals surface area contributed by atoms with Crippen molar-refractivity contribution in [3.8, 4) is 5.75 Å². The molecule has 2 aliphatic rings. The van der Waals surface area contributed by atoms with Crippen LogP contribution in [-0.2, 0) is 0 Å². The molecule has 1 saturated carbocycles. The van der Waals surface area contributed by atoms with Crippen LogP contribution in [0.25, 0.3) is 10.2 Å². The number of amides is 1. The van der Waals surface area contributed by atoms with E-state index >= 15 is 0 Å². The van der Waals surface area contributed by atoms with Crippen LogP contribution < -0.4 is 15.0 Å². The van der Waals surface area contributed by atoms with Crippen LogP contribution in [0.15, 0.2) is 36.5 Å². The summed E-state index contributed by atoms with van der Waals surface area (Å²) in [5.41, 5.74) is 4.30. The average Bonchev–Trinajstić information content (AvgIpc) is 3.20. The molecule has 0 bridgehead atoms. The number of para-hydroxylation sites is 1. The van der Waals surface area contributed by atoms with Gasteiger partial charge in [-0.05, 0) is 36.5 Å². The number of carbonyl (C=O) groups excluding carboxylic acids is 1. The second kappa shape index (κ2) is 8.50. The van der Waals surface area contributed by atoms with Crippen molar-refractivity contribution in [1.82, 2.24) is 10.3 Å². The van der Waals surface area contributed by atoms with Gasteiger partial charge in [0.05, 0.1) is 23.0 Å². The van der Waals surface area contributed by atoms with Crippen LogP contribution >= 0.6 is 11.3 Å². The van der Waals surface area contributed by atoms with Gasteiger partial charge in [0.1, 0.15) is 16.1 Å². The number of rotatable bonds is 4. The molecule has 0 spiro atoms. The van der Waals surface area contributed by atoms with Gasteiger partial charge in [-0.1, -0.05) is 37.5 Å². The normalized spacial score (nSPS) is 19.0. The number of benzene rings is 1. The van der Waals surface area contributed by atoms with Crippen molar-refractivity contribution in [2.45, 2.75) is 50.5 Å². The van der Waals surface area contributed by atoms with E-state index in [0.717, 1.165) is 33.8 Å². The Bertz CT molecular complexity index is 1100. The summed E-state index contributed by atoms with van der Waals surface area (Å²) in [4.78, 5) is 21.0. The van der Waals surface area contributed by atoms with Crippen LogP contribution in [0.2, 0.25) is 0 Å². The van der Waals surface area contributed by atoms with E-state index in [9.17, 15) is 4.79 Å². The predicted octanol–water partition coefficient (Wildman–Crippen LogP) is 5.66. The Hall–Kier alpha value is -2.60. The molecule has 1 amide bonds. The maximum atomic E-state index is 13.5. The maximum absolute atomic E-state index is 13.5. The molecule has 1 aromatic carbocycles. The maximum Gasteiger partial charge on any atom is 0.264 e. The molecule has 1 N–H and O–H groups in total. The van der Waals surface area contributed by atoms with Crippen molar-refractivity contribution in [3.05, 3.63) is 52.5 Å². The van der Waals surface area contributed by atoms with Crippen molar-refractivity contribution in [1.29, 1.82) is 0 Å². The van der Waals surface area contributed by atoms with Crippen LogP contribution in [0.1, 0.15) is 71.3 Å². The number of nitrogens with one attached hydrogen (secondary N) is 1. The summed E-state index contributed by atoms with van der Waals surface area (Å²) in [6, 6.07) is 10.1. The Morgan fingerprint density at radius 3 is 2.71 bits per heavy atom. The van der Waals surface area contributed by atoms with Gasteiger partial charge in [0.2, 0.25) is 0 Å². The van der Waals surface area contributed by atoms with Gasteiger partial charge < -0.3 is 15.0 Å². The highest BCUT2D eigenvalue weighted by molar-refractivity contribution is 7.21. The highest BCUT2D eigenvalue weighted by atomic mass is 32.1. The van der Waals surface area contributed by atoms with Crippen molar-refractivity contribution < 1.29 is 9.53 Å². The van der Waals surface area contributed by atoms with Crippen LogP contribution in [0.3, 0.4) is 0 Å². The first-order chi connectivity index (χ1) is 15.1. The molecule has 1 aliphatic carbocycles. The molecule has 1 atom stereocenters. The standard InChI is InChI=1S/C25H29N3O2S/c1-28(2)22-21-23(17(12-14-26-21)16-8-4-3-5-9-16)31-24(22)25(29)27-19-13-15-30-20-11-7-6-10-18(19)20/h6-7,10-12,14,16,19H,3-5,8-9,13,15H2,1-2H3,(H,27,29)/t19-/m0/s1. The fraction of sp³-hybridized carbons (Fsp3) is 0.440. The second-order valence-electron chi connectivity index (χ2n) is 8.79. The first-order valence-electron chi connectivity index (χ1n) is 11.2. The molecule has 5 nitrogen and oxygen atoms in total. The lowest BCUT2D eigenvalue weighted by atomic mass is 9.84. The van der Waals surface area contributed by atoms with Gasteiger partial charge in [0, 0.05) is 32.3 Å². The molecule has 0 radical (unpaired) electrons. The molecule has 3 heterocycles. The molecular formula is C25H29N3O2S. The van der Waals surface area contributed by atoms with E-state index in [1.54, 1.807) is 11.3 Å². The van der Waals surface area contributed by atoms with E-state index in [1.165, 1.54) is 42.4 Å². The molecule has 162 valence electrons. The number of thiophene rings is 1. The monoisotopic (exact) mass is 435 g/mol. The van der Waals surface area contributed by atoms with Crippen molar-refractivity contribution in [2.24, 2.45) is 0 Å². The molecule has 1 fully saturated rings. The Morgan fingerprint density at radius 2 is 1.90 bits per heavy atom. The van der Waals surface area contributed by atoms with E-state index in [2.05, 4.69) is 11.4 Å². The largest absolute Gasteiger partial charge is 0.493 e. The second-order valence-corrected chi connectivity index (χ2v) is 9.81. The smallest absolute Gasteiger partial charge is 0.264 e. The number of carbonyl (C=O) groups is 1. The van der Waals surface area contributed by atoms with Gasteiger partial charge in [-0.15, -0.1) is 11.3 Å². The minimum Gasteiger partial charge on any atom is -0.493 e. The van der Waals surface area contributed by atoms with Crippen molar-refractivity contribution >= 4 is 33.1 Å². The van der Waals surface area contributed by atoms with Gasteiger partial charge in [-0.2, -0.15) is 0 Å². The number of anilines is 1. The number of ether oxygens (including phenoxy) is 1. The van der Waals surface area contributed by atoms with Gasteiger partial charge in [-0.3, -0.25) is 9.78 Å². The first-order valence-corrected chi connectivity index (χ1v) is 12.1. The molecular weight excluding hydrogens is 406 g/mol. The summed E-state index contributed by atoms with van der Waals surface area (Å²) in [6.07, 6.45) is 9.06. The lowest BCUT2D eigenvalue weighted by Crippen LogP contribution is -2.32. The van der Waals surface area contributed by atoms with Gasteiger partial charge in [0.15, 0.2) is 0 Å². The number of hydrogen-bond acceptors (Lipinski definition) is 5. The summed E-state index contributed by atoms with van der Waals surface area (Å²) in [7, 11) is 3.99. The number of fused-ring (bicyclic) bond motifs is 2. The van der Waals surface area contributed by atoms with E-state index in [1.807, 2.05) is 49.5 Å². The molecule has 5 rings (SSSR count). The lowest BCUT2D eigenvalue weighted by molar-refractivity contribution is 0.0929. The highest BCUT2D eigenvalue weighted by Crippen LogP contribution is 2.43. The summed E-state index contributed by atoms with van der Waals surface area (Å²) >= 11 is 1.60. The average molecular weight is 436 g/mol. The zero-order valence-corrected chi connectivity index (χ0v) is 19.0. The number of hydrogen-bond donors (Lipinski definition) is 1. The lowest BCUT2D eigenvalue weighted by Gasteiger charge is -2.26. The third kappa shape index (κ3) is 3.78. The molecule has 3 aromatic rings. The highest BCUT2D eigenvalue weighted by Gasteiger charge is 2.28.